The van der Waals surface area contributed by atoms with E-state index < -0.39 is 0 Å². The molecule has 4 nitrogen and oxygen atoms in total. The van der Waals surface area contributed by atoms with Gasteiger partial charge in [-0.25, -0.2) is 0 Å². The third-order valence-corrected chi connectivity index (χ3v) is 4.43. The zero-order valence-electron chi connectivity index (χ0n) is 12.0. The highest BCUT2D eigenvalue weighted by Crippen LogP contribution is 2.25. The lowest BCUT2D eigenvalue weighted by Crippen LogP contribution is -2.41. The molecule has 1 saturated heterocycles. The molecule has 1 aromatic rings. The first-order valence-electron chi connectivity index (χ1n) is 7.11. The van der Waals surface area contributed by atoms with Gasteiger partial charge in [0.15, 0.2) is 0 Å². The molecule has 0 saturated carbocycles. The molecule has 1 atom stereocenters. The Hall–Kier alpha value is -0.810. The van der Waals surface area contributed by atoms with Crippen LogP contribution in [-0.4, -0.2) is 41.7 Å². The quantitative estimate of drug-likeness (QED) is 0.892. The summed E-state index contributed by atoms with van der Waals surface area (Å²) in [6.07, 6.45) is 1.58. The van der Waals surface area contributed by atoms with Crippen LogP contribution in [0.1, 0.15) is 19.8 Å². The second-order valence-corrected chi connectivity index (χ2v) is 6.37. The predicted molar refractivity (Wildman–Crippen MR) is 85.9 cm³/mol. The maximum Gasteiger partial charge on any atom is 0.238 e. The van der Waals surface area contributed by atoms with Gasteiger partial charge in [-0.05, 0) is 57.0 Å². The average molecular weight is 331 g/mol. The Balaban J connectivity index is 1.83. The Morgan fingerprint density at radius 1 is 1.43 bits per heavy atom. The molecule has 0 aliphatic carbocycles. The number of carbonyl (C=O) groups is 1. The summed E-state index contributed by atoms with van der Waals surface area (Å²) in [6, 6.07) is 4.99. The standard InChI is InChI=1S/C15H20Cl2N2O2/c1-10(20)11-4-6-19(7-5-11)9-15(21)18-14-3-2-12(16)8-13(14)17/h2-3,8,10-11,20H,4-7,9H2,1H3,(H,18,21). The molecule has 0 aromatic heterocycles. The third kappa shape index (κ3) is 4.85. The van der Waals surface area contributed by atoms with Gasteiger partial charge in [0.25, 0.3) is 0 Å². The lowest BCUT2D eigenvalue weighted by molar-refractivity contribution is -0.117. The van der Waals surface area contributed by atoms with Crippen molar-refractivity contribution in [2.75, 3.05) is 25.0 Å². The number of nitrogens with one attached hydrogen (secondary N) is 1. The number of hydrogen-bond donors (Lipinski definition) is 2. The van der Waals surface area contributed by atoms with Gasteiger partial charge in [0.1, 0.15) is 0 Å². The molecule has 116 valence electrons. The summed E-state index contributed by atoms with van der Waals surface area (Å²) in [6.45, 7) is 3.83. The monoisotopic (exact) mass is 330 g/mol. The molecule has 0 radical (unpaired) electrons. The van der Waals surface area contributed by atoms with Gasteiger partial charge in [-0.2, -0.15) is 0 Å². The van der Waals surface area contributed by atoms with Crippen molar-refractivity contribution in [2.24, 2.45) is 5.92 Å². The number of carbonyl (C=O) groups excluding carboxylic acids is 1. The summed E-state index contributed by atoms with van der Waals surface area (Å²) >= 11 is 11.9. The molecule has 1 aromatic carbocycles. The van der Waals surface area contributed by atoms with Crippen LogP contribution in [0.5, 0.6) is 0 Å². The summed E-state index contributed by atoms with van der Waals surface area (Å²) in [4.78, 5) is 14.1. The normalized spacial score (nSPS) is 18.5. The number of aliphatic hydroxyl groups excluding tert-OH is 1. The number of rotatable bonds is 4. The van der Waals surface area contributed by atoms with E-state index >= 15 is 0 Å². The first-order chi connectivity index (χ1) is 9.95. The number of benzene rings is 1. The van der Waals surface area contributed by atoms with Gasteiger partial charge in [0.05, 0.1) is 23.4 Å². The number of halogens is 2. The number of hydrogen-bond acceptors (Lipinski definition) is 3. The van der Waals surface area contributed by atoms with Gasteiger partial charge < -0.3 is 10.4 Å². The molecule has 1 fully saturated rings. The topological polar surface area (TPSA) is 52.6 Å². The van der Waals surface area contributed by atoms with E-state index in [0.29, 0.717) is 28.2 Å². The van der Waals surface area contributed by atoms with E-state index in [-0.39, 0.29) is 12.0 Å². The summed E-state index contributed by atoms with van der Waals surface area (Å²) in [7, 11) is 0. The van der Waals surface area contributed by atoms with E-state index in [1.165, 1.54) is 0 Å². The molecular weight excluding hydrogens is 311 g/mol. The number of likely N-dealkylation sites (tertiary alicyclic amines) is 1. The molecule has 2 rings (SSSR count). The molecule has 1 aliphatic heterocycles. The van der Waals surface area contributed by atoms with Crippen molar-refractivity contribution in [3.05, 3.63) is 28.2 Å². The Morgan fingerprint density at radius 2 is 2.10 bits per heavy atom. The van der Waals surface area contributed by atoms with E-state index in [0.717, 1.165) is 25.9 Å². The molecule has 1 amide bonds. The number of nitrogens with zero attached hydrogens (tertiary/aromatic N) is 1. The highest BCUT2D eigenvalue weighted by atomic mass is 35.5. The smallest absolute Gasteiger partial charge is 0.238 e. The van der Waals surface area contributed by atoms with Crippen LogP contribution in [-0.2, 0) is 4.79 Å². The fourth-order valence-electron chi connectivity index (χ4n) is 2.58. The summed E-state index contributed by atoms with van der Waals surface area (Å²) in [5.41, 5.74) is 0.574. The largest absolute Gasteiger partial charge is 0.393 e. The molecule has 2 N–H and O–H groups in total. The van der Waals surface area contributed by atoms with Gasteiger partial charge in [-0.1, -0.05) is 23.2 Å². The Labute approximate surface area is 135 Å². The number of piperidine rings is 1. The summed E-state index contributed by atoms with van der Waals surface area (Å²) in [5.74, 6) is 0.254. The van der Waals surface area contributed by atoms with Crippen LogP contribution in [0.4, 0.5) is 5.69 Å². The highest BCUT2D eigenvalue weighted by molar-refractivity contribution is 6.36. The van der Waals surface area contributed by atoms with Gasteiger partial charge in [-0.15, -0.1) is 0 Å². The predicted octanol–water partition coefficient (Wildman–Crippen LogP) is 3.02. The Kier molecular flexibility index (Phi) is 5.88. The molecular formula is C15H20Cl2N2O2. The minimum absolute atomic E-state index is 0.0882. The van der Waals surface area contributed by atoms with E-state index in [9.17, 15) is 9.90 Å². The van der Waals surface area contributed by atoms with Crippen LogP contribution in [0.15, 0.2) is 18.2 Å². The zero-order valence-corrected chi connectivity index (χ0v) is 13.5. The van der Waals surface area contributed by atoms with Crippen LogP contribution >= 0.6 is 23.2 Å². The third-order valence-electron chi connectivity index (χ3n) is 3.89. The van der Waals surface area contributed by atoms with Crippen LogP contribution in [0, 0.1) is 5.92 Å². The number of aliphatic hydroxyl groups is 1. The lowest BCUT2D eigenvalue weighted by Gasteiger charge is -2.32. The fourth-order valence-corrected chi connectivity index (χ4v) is 3.03. The molecule has 0 spiro atoms. The van der Waals surface area contributed by atoms with Gasteiger partial charge in [0.2, 0.25) is 5.91 Å². The van der Waals surface area contributed by atoms with Crippen LogP contribution in [0.25, 0.3) is 0 Å². The first kappa shape index (κ1) is 16.6. The molecule has 0 bridgehead atoms. The molecule has 6 heteroatoms. The van der Waals surface area contributed by atoms with E-state index in [1.807, 2.05) is 6.92 Å². The van der Waals surface area contributed by atoms with E-state index in [1.54, 1.807) is 18.2 Å². The maximum atomic E-state index is 12.0. The molecule has 1 aliphatic rings. The highest BCUT2D eigenvalue weighted by Gasteiger charge is 2.23. The summed E-state index contributed by atoms with van der Waals surface area (Å²) in [5, 5.41) is 13.3. The van der Waals surface area contributed by atoms with Crippen LogP contribution < -0.4 is 5.32 Å². The maximum absolute atomic E-state index is 12.0. The SMILES string of the molecule is CC(O)C1CCN(CC(=O)Nc2ccc(Cl)cc2Cl)CC1. The van der Waals surface area contributed by atoms with E-state index in [2.05, 4.69) is 10.2 Å². The van der Waals surface area contributed by atoms with E-state index in [4.69, 9.17) is 23.2 Å². The minimum Gasteiger partial charge on any atom is -0.393 e. The first-order valence-corrected chi connectivity index (χ1v) is 7.86. The number of anilines is 1. The zero-order chi connectivity index (χ0) is 15.4. The minimum atomic E-state index is -0.270. The lowest BCUT2D eigenvalue weighted by atomic mass is 9.92. The fraction of sp³-hybridized carbons (Fsp3) is 0.533. The van der Waals surface area contributed by atoms with Crippen LogP contribution in [0.2, 0.25) is 10.0 Å². The molecule has 1 unspecified atom stereocenters. The van der Waals surface area contributed by atoms with Crippen molar-refractivity contribution >= 4 is 34.8 Å². The second-order valence-electron chi connectivity index (χ2n) is 5.53. The molecule has 1 heterocycles. The van der Waals surface area contributed by atoms with Gasteiger partial charge in [0, 0.05) is 5.02 Å². The Bertz CT molecular complexity index is 500. The second kappa shape index (κ2) is 7.45. The van der Waals surface area contributed by atoms with Gasteiger partial charge >= 0.3 is 0 Å². The number of amides is 1. The molecule has 21 heavy (non-hydrogen) atoms. The van der Waals surface area contributed by atoms with Crippen molar-refractivity contribution in [1.82, 2.24) is 4.90 Å². The van der Waals surface area contributed by atoms with Crippen molar-refractivity contribution in [1.29, 1.82) is 0 Å². The average Bonchev–Trinajstić information content (AvgIpc) is 2.42. The van der Waals surface area contributed by atoms with Crippen molar-refractivity contribution in [2.45, 2.75) is 25.9 Å². The van der Waals surface area contributed by atoms with Crippen molar-refractivity contribution in [3.8, 4) is 0 Å². The van der Waals surface area contributed by atoms with Crippen molar-refractivity contribution in [3.63, 3.8) is 0 Å². The van der Waals surface area contributed by atoms with Crippen molar-refractivity contribution < 1.29 is 9.90 Å². The van der Waals surface area contributed by atoms with Crippen LogP contribution in [0.3, 0.4) is 0 Å². The summed E-state index contributed by atoms with van der Waals surface area (Å²) < 4.78 is 0. The van der Waals surface area contributed by atoms with Gasteiger partial charge in [-0.3, -0.25) is 9.69 Å². The Morgan fingerprint density at radius 3 is 2.67 bits per heavy atom.